The predicted molar refractivity (Wildman–Crippen MR) is 70.9 cm³/mol. The van der Waals surface area contributed by atoms with E-state index in [1.165, 1.54) is 18.2 Å². The summed E-state index contributed by atoms with van der Waals surface area (Å²) < 4.78 is 39.5. The van der Waals surface area contributed by atoms with Crippen LogP contribution < -0.4 is 4.72 Å². The number of pyridine rings is 1. The van der Waals surface area contributed by atoms with E-state index in [4.69, 9.17) is 0 Å². The Kier molecular flexibility index (Phi) is 3.53. The second-order valence-corrected chi connectivity index (χ2v) is 5.87. The molecule has 0 aliphatic carbocycles. The molecular weight excluding hydrogens is 267 g/mol. The van der Waals surface area contributed by atoms with Crippen molar-refractivity contribution in [3.8, 4) is 0 Å². The van der Waals surface area contributed by atoms with Crippen LogP contribution in [0.2, 0.25) is 0 Å². The van der Waals surface area contributed by atoms with Gasteiger partial charge in [-0.05, 0) is 37.6 Å². The van der Waals surface area contributed by atoms with E-state index in [9.17, 15) is 12.8 Å². The van der Waals surface area contributed by atoms with Gasteiger partial charge in [0.05, 0.1) is 4.90 Å². The van der Waals surface area contributed by atoms with Crippen LogP contribution in [0.1, 0.15) is 11.1 Å². The van der Waals surface area contributed by atoms with Gasteiger partial charge in [-0.25, -0.2) is 13.4 Å². The highest BCUT2D eigenvalue weighted by Gasteiger charge is 2.17. The molecule has 0 aliphatic heterocycles. The highest BCUT2D eigenvalue weighted by Crippen LogP contribution is 2.19. The van der Waals surface area contributed by atoms with Crippen LogP contribution in [-0.4, -0.2) is 13.4 Å². The maximum absolute atomic E-state index is 12.9. The van der Waals surface area contributed by atoms with Gasteiger partial charge in [0.25, 0.3) is 10.0 Å². The van der Waals surface area contributed by atoms with E-state index < -0.39 is 16.0 Å². The van der Waals surface area contributed by atoms with E-state index in [2.05, 4.69) is 9.71 Å². The van der Waals surface area contributed by atoms with Gasteiger partial charge in [-0.1, -0.05) is 23.8 Å². The first kappa shape index (κ1) is 13.5. The summed E-state index contributed by atoms with van der Waals surface area (Å²) in [6.45, 7) is 3.59. The molecule has 1 N–H and O–H groups in total. The lowest BCUT2D eigenvalue weighted by molar-refractivity contribution is 0.584. The maximum Gasteiger partial charge on any atom is 0.263 e. The average molecular weight is 280 g/mol. The molecule has 2 rings (SSSR count). The molecule has 0 atom stereocenters. The Balaban J connectivity index is 2.38. The predicted octanol–water partition coefficient (Wildman–Crippen LogP) is 2.64. The number of nitrogens with one attached hydrogen (secondary N) is 1. The van der Waals surface area contributed by atoms with Crippen molar-refractivity contribution < 1.29 is 12.8 Å². The van der Waals surface area contributed by atoms with Crippen molar-refractivity contribution in [3.05, 3.63) is 53.5 Å². The van der Waals surface area contributed by atoms with Crippen molar-refractivity contribution in [3.63, 3.8) is 0 Å². The molecule has 0 aliphatic rings. The molecule has 1 aromatic carbocycles. The van der Waals surface area contributed by atoms with E-state index in [0.717, 1.165) is 11.6 Å². The number of hydrogen-bond acceptors (Lipinski definition) is 3. The van der Waals surface area contributed by atoms with Crippen LogP contribution in [0.25, 0.3) is 0 Å². The molecule has 0 spiro atoms. The molecule has 1 aromatic heterocycles. The average Bonchev–Trinajstić information content (AvgIpc) is 2.27. The molecule has 0 saturated heterocycles. The zero-order valence-electron chi connectivity index (χ0n) is 10.5. The third-order valence-corrected chi connectivity index (χ3v) is 4.09. The molecule has 0 saturated carbocycles. The maximum atomic E-state index is 12.9. The second kappa shape index (κ2) is 4.97. The number of halogens is 1. The van der Waals surface area contributed by atoms with E-state index in [-0.39, 0.29) is 10.7 Å². The van der Waals surface area contributed by atoms with Gasteiger partial charge in [-0.15, -0.1) is 0 Å². The number of aryl methyl sites for hydroxylation is 2. The van der Waals surface area contributed by atoms with Crippen LogP contribution >= 0.6 is 0 Å². The van der Waals surface area contributed by atoms with Crippen LogP contribution in [0.3, 0.4) is 0 Å². The molecule has 0 bridgehead atoms. The smallest absolute Gasteiger partial charge is 0.263 e. The SMILES string of the molecule is Cc1ccc(S(=O)(=O)Nc2cccc(F)n2)c(C)c1. The van der Waals surface area contributed by atoms with Crippen molar-refractivity contribution in [1.29, 1.82) is 0 Å². The number of sulfonamides is 1. The molecule has 19 heavy (non-hydrogen) atoms. The molecule has 2 aromatic rings. The van der Waals surface area contributed by atoms with Gasteiger partial charge in [0.2, 0.25) is 5.95 Å². The first-order chi connectivity index (χ1) is 8.88. The zero-order valence-corrected chi connectivity index (χ0v) is 11.3. The fourth-order valence-corrected chi connectivity index (χ4v) is 2.99. The number of benzene rings is 1. The Morgan fingerprint density at radius 2 is 1.89 bits per heavy atom. The fourth-order valence-electron chi connectivity index (χ4n) is 1.76. The minimum Gasteiger partial charge on any atom is -0.263 e. The van der Waals surface area contributed by atoms with Crippen molar-refractivity contribution >= 4 is 15.8 Å². The molecule has 0 unspecified atom stereocenters. The minimum absolute atomic E-state index is 0.0417. The van der Waals surface area contributed by atoms with Gasteiger partial charge in [0.15, 0.2) is 0 Å². The molecule has 4 nitrogen and oxygen atoms in total. The molecule has 6 heteroatoms. The Hall–Kier alpha value is -1.95. The zero-order chi connectivity index (χ0) is 14.0. The first-order valence-electron chi connectivity index (χ1n) is 5.61. The second-order valence-electron chi connectivity index (χ2n) is 4.22. The fraction of sp³-hybridized carbons (Fsp3) is 0.154. The van der Waals surface area contributed by atoms with Gasteiger partial charge in [-0.3, -0.25) is 4.72 Å². The monoisotopic (exact) mass is 280 g/mol. The van der Waals surface area contributed by atoms with Crippen molar-refractivity contribution in [2.75, 3.05) is 4.72 Å². The van der Waals surface area contributed by atoms with Gasteiger partial charge in [-0.2, -0.15) is 4.39 Å². The Bertz CT molecular complexity index is 714. The summed E-state index contributed by atoms with van der Waals surface area (Å²) in [5.74, 6) is -0.777. The topological polar surface area (TPSA) is 59.1 Å². The van der Waals surface area contributed by atoms with Crippen LogP contribution in [0.5, 0.6) is 0 Å². The standard InChI is InChI=1S/C13H13FN2O2S/c1-9-6-7-11(10(2)8-9)19(17,18)16-13-5-3-4-12(14)15-13/h3-8H,1-2H3,(H,15,16). The van der Waals surface area contributed by atoms with Crippen molar-refractivity contribution in [1.82, 2.24) is 4.98 Å². The Morgan fingerprint density at radius 1 is 1.16 bits per heavy atom. The lowest BCUT2D eigenvalue weighted by atomic mass is 10.2. The van der Waals surface area contributed by atoms with Crippen LogP contribution in [0, 0.1) is 19.8 Å². The molecule has 0 amide bonds. The third kappa shape index (κ3) is 3.08. The van der Waals surface area contributed by atoms with E-state index in [1.807, 2.05) is 6.92 Å². The highest BCUT2D eigenvalue weighted by molar-refractivity contribution is 7.92. The molecular formula is C13H13FN2O2S. The van der Waals surface area contributed by atoms with Crippen molar-refractivity contribution in [2.24, 2.45) is 0 Å². The summed E-state index contributed by atoms with van der Waals surface area (Å²) in [4.78, 5) is 3.63. The lowest BCUT2D eigenvalue weighted by Gasteiger charge is -2.10. The summed E-state index contributed by atoms with van der Waals surface area (Å²) in [5, 5.41) is 0. The summed E-state index contributed by atoms with van der Waals surface area (Å²) in [6.07, 6.45) is 0. The molecule has 0 radical (unpaired) electrons. The van der Waals surface area contributed by atoms with Crippen LogP contribution in [0.4, 0.5) is 10.2 Å². The number of aromatic nitrogens is 1. The highest BCUT2D eigenvalue weighted by atomic mass is 32.2. The van der Waals surface area contributed by atoms with E-state index >= 15 is 0 Å². The number of nitrogens with zero attached hydrogens (tertiary/aromatic N) is 1. The minimum atomic E-state index is -3.76. The summed E-state index contributed by atoms with van der Waals surface area (Å²) in [6, 6.07) is 8.93. The van der Waals surface area contributed by atoms with Crippen LogP contribution in [0.15, 0.2) is 41.3 Å². The third-order valence-electron chi connectivity index (χ3n) is 2.57. The summed E-state index contributed by atoms with van der Waals surface area (Å²) >= 11 is 0. The number of hydrogen-bond donors (Lipinski definition) is 1. The van der Waals surface area contributed by atoms with Gasteiger partial charge >= 0.3 is 0 Å². The quantitative estimate of drug-likeness (QED) is 0.879. The Labute approximate surface area is 111 Å². The molecule has 1 heterocycles. The van der Waals surface area contributed by atoms with Crippen LogP contribution in [-0.2, 0) is 10.0 Å². The van der Waals surface area contributed by atoms with Crippen molar-refractivity contribution in [2.45, 2.75) is 18.7 Å². The van der Waals surface area contributed by atoms with Gasteiger partial charge < -0.3 is 0 Å². The number of rotatable bonds is 3. The Morgan fingerprint density at radius 3 is 2.53 bits per heavy atom. The number of anilines is 1. The van der Waals surface area contributed by atoms with Gasteiger partial charge in [0, 0.05) is 0 Å². The molecule has 100 valence electrons. The molecule has 0 fully saturated rings. The first-order valence-corrected chi connectivity index (χ1v) is 7.09. The van der Waals surface area contributed by atoms with E-state index in [1.54, 1.807) is 19.1 Å². The summed E-state index contributed by atoms with van der Waals surface area (Å²) in [7, 11) is -3.76. The largest absolute Gasteiger partial charge is 0.263 e. The lowest BCUT2D eigenvalue weighted by Crippen LogP contribution is -2.15. The van der Waals surface area contributed by atoms with E-state index in [0.29, 0.717) is 5.56 Å². The normalized spacial score (nSPS) is 11.3. The van der Waals surface area contributed by atoms with Gasteiger partial charge in [0.1, 0.15) is 5.82 Å². The summed E-state index contributed by atoms with van der Waals surface area (Å²) in [5.41, 5.74) is 1.60.